The van der Waals surface area contributed by atoms with Crippen LogP contribution in [0.2, 0.25) is 0 Å². The number of halogens is 7. The number of rotatable bonds is 2. The molecule has 0 fully saturated rings. The van der Waals surface area contributed by atoms with Crippen LogP contribution in [0.4, 0.5) is 26.3 Å². The van der Waals surface area contributed by atoms with Crippen LogP contribution >= 0.6 is 11.6 Å². The van der Waals surface area contributed by atoms with E-state index < -0.39 is 35.3 Å². The first-order chi connectivity index (χ1) is 7.63. The molecular weight excluding hydrogens is 274 g/mol. The summed E-state index contributed by atoms with van der Waals surface area (Å²) in [5, 5.41) is 0. The highest BCUT2D eigenvalue weighted by atomic mass is 35.5. The average Bonchev–Trinajstić information content (AvgIpc) is 2.13. The van der Waals surface area contributed by atoms with E-state index in [2.05, 4.69) is 4.74 Å². The maximum absolute atomic E-state index is 12.4. The van der Waals surface area contributed by atoms with Gasteiger partial charge in [-0.1, -0.05) is 0 Å². The third-order valence-corrected chi connectivity index (χ3v) is 2.05. The highest BCUT2D eigenvalue weighted by molar-refractivity contribution is 6.17. The Kier molecular flexibility index (Phi) is 3.81. The Morgan fingerprint density at radius 1 is 1.06 bits per heavy atom. The molecule has 0 aromatic heterocycles. The zero-order chi connectivity index (χ0) is 13.3. The van der Waals surface area contributed by atoms with Gasteiger partial charge < -0.3 is 4.74 Å². The van der Waals surface area contributed by atoms with Crippen molar-refractivity contribution >= 4 is 11.6 Å². The predicted molar refractivity (Wildman–Crippen MR) is 47.7 cm³/mol. The van der Waals surface area contributed by atoms with Gasteiger partial charge in [-0.05, 0) is 23.8 Å². The van der Waals surface area contributed by atoms with Gasteiger partial charge in [-0.15, -0.1) is 24.8 Å². The normalized spacial score (nSPS) is 12.6. The summed E-state index contributed by atoms with van der Waals surface area (Å²) in [6.07, 6.45) is -9.62. The van der Waals surface area contributed by atoms with Gasteiger partial charge >= 0.3 is 12.5 Å². The van der Waals surface area contributed by atoms with Crippen molar-refractivity contribution in [3.8, 4) is 5.75 Å². The van der Waals surface area contributed by atoms with Crippen LogP contribution in [0, 0.1) is 0 Å². The van der Waals surface area contributed by atoms with Gasteiger partial charge in [0.05, 0.1) is 5.56 Å². The molecular formula is C9H5ClF6O. The first-order valence-corrected chi connectivity index (χ1v) is 4.69. The first-order valence-electron chi connectivity index (χ1n) is 4.15. The first kappa shape index (κ1) is 14.0. The van der Waals surface area contributed by atoms with Crippen molar-refractivity contribution in [1.82, 2.24) is 0 Å². The second kappa shape index (κ2) is 4.64. The number of hydrogen-bond acceptors (Lipinski definition) is 1. The minimum absolute atomic E-state index is 0.471. The summed E-state index contributed by atoms with van der Waals surface area (Å²) in [5.74, 6) is -1.30. The number of alkyl halides is 7. The van der Waals surface area contributed by atoms with Gasteiger partial charge in [0.25, 0.3) is 0 Å². The molecule has 8 heteroatoms. The van der Waals surface area contributed by atoms with E-state index >= 15 is 0 Å². The van der Waals surface area contributed by atoms with Crippen LogP contribution in [0.15, 0.2) is 18.2 Å². The van der Waals surface area contributed by atoms with E-state index in [1.807, 2.05) is 0 Å². The largest absolute Gasteiger partial charge is 0.573 e. The molecule has 1 rings (SSSR count). The van der Waals surface area contributed by atoms with Crippen LogP contribution < -0.4 is 4.74 Å². The summed E-state index contributed by atoms with van der Waals surface area (Å²) >= 11 is 5.24. The fourth-order valence-corrected chi connectivity index (χ4v) is 1.38. The van der Waals surface area contributed by atoms with E-state index in [1.165, 1.54) is 0 Å². The minimum atomic E-state index is -4.96. The quantitative estimate of drug-likeness (QED) is 0.577. The van der Waals surface area contributed by atoms with Gasteiger partial charge in [0.1, 0.15) is 5.75 Å². The second-order valence-corrected chi connectivity index (χ2v) is 3.27. The van der Waals surface area contributed by atoms with E-state index in [0.29, 0.717) is 18.2 Å². The van der Waals surface area contributed by atoms with Gasteiger partial charge in [0, 0.05) is 5.88 Å². The molecule has 0 bridgehead atoms. The van der Waals surface area contributed by atoms with Gasteiger partial charge in [-0.3, -0.25) is 0 Å². The maximum atomic E-state index is 12.4. The molecule has 0 amide bonds. The molecule has 0 saturated carbocycles. The van der Waals surface area contributed by atoms with Gasteiger partial charge in [-0.25, -0.2) is 0 Å². The summed E-state index contributed by atoms with van der Waals surface area (Å²) in [5.41, 5.74) is -1.55. The average molecular weight is 279 g/mol. The molecule has 0 saturated heterocycles. The van der Waals surface area contributed by atoms with Crippen LogP contribution in [-0.4, -0.2) is 6.36 Å². The summed E-state index contributed by atoms with van der Waals surface area (Å²) in [6, 6.07) is 1.70. The zero-order valence-corrected chi connectivity index (χ0v) is 8.75. The SMILES string of the molecule is FC(F)(F)Oc1ccc(C(F)(F)F)c(CCl)c1. The molecule has 0 unspecified atom stereocenters. The van der Waals surface area contributed by atoms with E-state index in [1.54, 1.807) is 0 Å². The molecule has 0 spiro atoms. The topological polar surface area (TPSA) is 9.23 Å². The lowest BCUT2D eigenvalue weighted by molar-refractivity contribution is -0.274. The molecule has 0 heterocycles. The van der Waals surface area contributed by atoms with Crippen molar-refractivity contribution in [1.29, 1.82) is 0 Å². The third kappa shape index (κ3) is 3.99. The molecule has 0 atom stereocenters. The van der Waals surface area contributed by atoms with Crippen LogP contribution in [0.25, 0.3) is 0 Å². The zero-order valence-electron chi connectivity index (χ0n) is 7.99. The van der Waals surface area contributed by atoms with Gasteiger partial charge in [0.2, 0.25) is 0 Å². The molecule has 0 aliphatic heterocycles. The highest BCUT2D eigenvalue weighted by Gasteiger charge is 2.35. The van der Waals surface area contributed by atoms with Crippen molar-refractivity contribution in [2.45, 2.75) is 18.4 Å². The van der Waals surface area contributed by atoms with Crippen molar-refractivity contribution < 1.29 is 31.1 Å². The molecule has 96 valence electrons. The lowest BCUT2D eigenvalue weighted by Crippen LogP contribution is -2.17. The summed E-state index contributed by atoms with van der Waals surface area (Å²) in [7, 11) is 0. The van der Waals surface area contributed by atoms with Crippen LogP contribution in [0.5, 0.6) is 5.75 Å². The second-order valence-electron chi connectivity index (χ2n) is 3.00. The fraction of sp³-hybridized carbons (Fsp3) is 0.333. The van der Waals surface area contributed by atoms with Gasteiger partial charge in [0.15, 0.2) is 0 Å². The Labute approximate surface area is 96.9 Å². The summed E-state index contributed by atoms with van der Waals surface area (Å²) < 4.78 is 76.1. The lowest BCUT2D eigenvalue weighted by atomic mass is 10.1. The molecule has 0 aliphatic carbocycles. The highest BCUT2D eigenvalue weighted by Crippen LogP contribution is 2.35. The van der Waals surface area contributed by atoms with Crippen molar-refractivity contribution in [3.63, 3.8) is 0 Å². The molecule has 0 radical (unpaired) electrons. The summed E-state index contributed by atoms with van der Waals surface area (Å²) in [6.45, 7) is 0. The monoisotopic (exact) mass is 278 g/mol. The predicted octanol–water partition coefficient (Wildman–Crippen LogP) is 4.34. The van der Waals surface area contributed by atoms with Crippen LogP contribution in [-0.2, 0) is 12.1 Å². The van der Waals surface area contributed by atoms with E-state index in [9.17, 15) is 26.3 Å². The Hall–Kier alpha value is -1.11. The smallest absolute Gasteiger partial charge is 0.406 e. The van der Waals surface area contributed by atoms with E-state index in [0.717, 1.165) is 0 Å². The molecule has 0 aliphatic rings. The van der Waals surface area contributed by atoms with Crippen molar-refractivity contribution in [2.75, 3.05) is 0 Å². The molecule has 1 aromatic carbocycles. The summed E-state index contributed by atoms with van der Waals surface area (Å²) in [4.78, 5) is 0. The fourth-order valence-electron chi connectivity index (χ4n) is 1.15. The molecule has 1 nitrogen and oxygen atoms in total. The van der Waals surface area contributed by atoms with Crippen LogP contribution in [0.1, 0.15) is 11.1 Å². The minimum Gasteiger partial charge on any atom is -0.406 e. The van der Waals surface area contributed by atoms with Crippen molar-refractivity contribution in [3.05, 3.63) is 29.3 Å². The van der Waals surface area contributed by atoms with E-state index in [4.69, 9.17) is 11.6 Å². The Morgan fingerprint density at radius 3 is 2.06 bits per heavy atom. The Bertz CT molecular complexity index is 397. The number of hydrogen-bond donors (Lipinski definition) is 0. The standard InChI is InChI=1S/C9H5ClF6O/c10-4-5-3-6(17-9(14,15)16)1-2-7(5)8(11,12)13/h1-3H,4H2. The Balaban J connectivity index is 3.09. The molecule has 17 heavy (non-hydrogen) atoms. The van der Waals surface area contributed by atoms with Crippen LogP contribution in [0.3, 0.4) is 0 Å². The molecule has 1 aromatic rings. The van der Waals surface area contributed by atoms with E-state index in [-0.39, 0.29) is 0 Å². The van der Waals surface area contributed by atoms with Gasteiger partial charge in [-0.2, -0.15) is 13.2 Å². The third-order valence-electron chi connectivity index (χ3n) is 1.76. The molecule has 0 N–H and O–H groups in total. The Morgan fingerprint density at radius 2 is 1.65 bits per heavy atom. The lowest BCUT2D eigenvalue weighted by Gasteiger charge is -2.14. The number of ether oxygens (including phenoxy) is 1. The van der Waals surface area contributed by atoms with Crippen molar-refractivity contribution in [2.24, 2.45) is 0 Å². The maximum Gasteiger partial charge on any atom is 0.573 e. The number of benzene rings is 1.